The third kappa shape index (κ3) is 7.24. The highest BCUT2D eigenvalue weighted by atomic mass is 32.2. The fourth-order valence-corrected chi connectivity index (χ4v) is 4.05. The summed E-state index contributed by atoms with van der Waals surface area (Å²) < 4.78 is 0. The zero-order valence-corrected chi connectivity index (χ0v) is 19.3. The van der Waals surface area contributed by atoms with E-state index in [1.165, 1.54) is 11.3 Å². The molecule has 164 valence electrons. The van der Waals surface area contributed by atoms with E-state index in [0.717, 1.165) is 41.7 Å². The molecule has 0 radical (unpaired) electrons. The first-order valence-electron chi connectivity index (χ1n) is 11.0. The van der Waals surface area contributed by atoms with Crippen LogP contribution >= 0.6 is 11.8 Å². The van der Waals surface area contributed by atoms with Crippen molar-refractivity contribution >= 4 is 29.0 Å². The molecule has 0 aliphatic rings. The number of rotatable bonds is 11. The minimum Gasteiger partial charge on any atom is -0.313 e. The van der Waals surface area contributed by atoms with Crippen molar-refractivity contribution in [2.75, 3.05) is 0 Å². The second kappa shape index (κ2) is 12.7. The smallest absolute Gasteiger partial charge is 0.313 e. The lowest BCUT2D eigenvalue weighted by molar-refractivity contribution is 0.0516. The topological polar surface area (TPSA) is 38.7 Å². The van der Waals surface area contributed by atoms with Gasteiger partial charge in [-0.1, -0.05) is 98.2 Å². The minimum absolute atomic E-state index is 0.459. The molecule has 4 heteroatoms. The third-order valence-corrected chi connectivity index (χ3v) is 6.06. The van der Waals surface area contributed by atoms with Gasteiger partial charge in [0.2, 0.25) is 0 Å². The van der Waals surface area contributed by atoms with Gasteiger partial charge < -0.3 is 4.84 Å². The number of carbonyl (C=O) groups is 1. The zero-order valence-electron chi connectivity index (χ0n) is 18.5. The van der Waals surface area contributed by atoms with E-state index in [1.807, 2.05) is 36.4 Å². The molecule has 0 aliphatic heterocycles. The number of carbonyl (C=O) groups excluding carboxylic acids is 1. The van der Waals surface area contributed by atoms with Gasteiger partial charge in [0.1, 0.15) is 0 Å². The predicted molar refractivity (Wildman–Crippen MR) is 134 cm³/mol. The minimum atomic E-state index is -0.459. The van der Waals surface area contributed by atoms with Crippen LogP contribution in [0.3, 0.4) is 0 Å². The van der Waals surface area contributed by atoms with Crippen molar-refractivity contribution in [3.63, 3.8) is 0 Å². The van der Waals surface area contributed by atoms with Crippen LogP contribution in [0.5, 0.6) is 0 Å². The Balaban J connectivity index is 1.71. The molecule has 0 atom stereocenters. The first kappa shape index (κ1) is 23.6. The summed E-state index contributed by atoms with van der Waals surface area (Å²) in [7, 11) is 0. The molecule has 0 fully saturated rings. The molecule has 0 saturated carbocycles. The van der Waals surface area contributed by atoms with Crippen LogP contribution in [0.4, 0.5) is 0 Å². The standard InChI is InChI=1S/C28H29NO2S/c1-3-4-5-12-17-27(29-31-28(30)24-13-8-6-9-14-24)22(2)23-18-20-26(21-19-23)32-25-15-10-7-11-16-25/h6-11,13-16,18-21H,2-5,12,17H2,1H3/b29-27-. The van der Waals surface area contributed by atoms with Gasteiger partial charge in [-0.25, -0.2) is 4.79 Å². The molecule has 0 heterocycles. The highest BCUT2D eigenvalue weighted by Gasteiger charge is 2.12. The van der Waals surface area contributed by atoms with Gasteiger partial charge in [0.25, 0.3) is 0 Å². The average molecular weight is 444 g/mol. The van der Waals surface area contributed by atoms with Crippen molar-refractivity contribution in [1.29, 1.82) is 0 Å². The Bertz CT molecular complexity index is 1030. The van der Waals surface area contributed by atoms with E-state index in [0.29, 0.717) is 11.3 Å². The highest BCUT2D eigenvalue weighted by Crippen LogP contribution is 2.29. The SMILES string of the molecule is C=C(/C(CCCCCC)=N\OC(=O)c1ccccc1)c1ccc(Sc2ccccc2)cc1. The first-order chi connectivity index (χ1) is 15.7. The van der Waals surface area contributed by atoms with Crippen LogP contribution in [0.1, 0.15) is 54.9 Å². The van der Waals surface area contributed by atoms with Gasteiger partial charge in [-0.05, 0) is 60.4 Å². The fourth-order valence-electron chi connectivity index (χ4n) is 3.21. The maximum Gasteiger partial charge on any atom is 0.365 e. The molecule has 0 spiro atoms. The van der Waals surface area contributed by atoms with Gasteiger partial charge in [0.15, 0.2) is 0 Å². The lowest BCUT2D eigenvalue weighted by Gasteiger charge is -2.11. The van der Waals surface area contributed by atoms with E-state index in [-0.39, 0.29) is 0 Å². The number of hydrogen-bond donors (Lipinski definition) is 0. The van der Waals surface area contributed by atoms with Crippen molar-refractivity contribution in [3.8, 4) is 0 Å². The van der Waals surface area contributed by atoms with E-state index in [2.05, 4.69) is 42.9 Å². The van der Waals surface area contributed by atoms with E-state index in [9.17, 15) is 4.79 Å². The molecule has 3 aromatic carbocycles. The number of nitrogens with zero attached hydrogens (tertiary/aromatic N) is 1. The normalized spacial score (nSPS) is 11.2. The molecule has 0 unspecified atom stereocenters. The summed E-state index contributed by atoms with van der Waals surface area (Å²) >= 11 is 1.72. The highest BCUT2D eigenvalue weighted by molar-refractivity contribution is 7.99. The van der Waals surface area contributed by atoms with E-state index < -0.39 is 5.97 Å². The average Bonchev–Trinajstić information content (AvgIpc) is 2.84. The van der Waals surface area contributed by atoms with E-state index in [1.54, 1.807) is 36.0 Å². The summed E-state index contributed by atoms with van der Waals surface area (Å²) in [5.74, 6) is -0.459. The Morgan fingerprint density at radius 3 is 2.09 bits per heavy atom. The molecule has 3 rings (SSSR count). The second-order valence-corrected chi connectivity index (χ2v) is 8.66. The van der Waals surface area contributed by atoms with Crippen LogP contribution < -0.4 is 0 Å². The Morgan fingerprint density at radius 1 is 0.812 bits per heavy atom. The molecule has 0 saturated heterocycles. The predicted octanol–water partition coefficient (Wildman–Crippen LogP) is 8.03. The summed E-state index contributed by atoms with van der Waals surface area (Å²) in [4.78, 5) is 20.0. The summed E-state index contributed by atoms with van der Waals surface area (Å²) in [5.41, 5.74) is 2.97. The van der Waals surface area contributed by atoms with Crippen LogP contribution in [-0.4, -0.2) is 11.7 Å². The third-order valence-electron chi connectivity index (χ3n) is 5.05. The summed E-state index contributed by atoms with van der Waals surface area (Å²) in [6, 6.07) is 27.5. The Labute approximate surface area is 195 Å². The van der Waals surface area contributed by atoms with Crippen LogP contribution in [0.2, 0.25) is 0 Å². The van der Waals surface area contributed by atoms with Gasteiger partial charge >= 0.3 is 5.97 Å². The van der Waals surface area contributed by atoms with E-state index >= 15 is 0 Å². The second-order valence-electron chi connectivity index (χ2n) is 7.51. The van der Waals surface area contributed by atoms with Crippen LogP contribution in [0, 0.1) is 0 Å². The Hall–Kier alpha value is -3.11. The fraction of sp³-hybridized carbons (Fsp3) is 0.214. The maximum atomic E-state index is 12.3. The molecule has 32 heavy (non-hydrogen) atoms. The summed E-state index contributed by atoms with van der Waals surface area (Å²) in [5, 5.41) is 4.23. The van der Waals surface area contributed by atoms with Gasteiger partial charge in [0.05, 0.1) is 11.3 Å². The molecule has 3 nitrogen and oxygen atoms in total. The van der Waals surface area contributed by atoms with Gasteiger partial charge in [-0.15, -0.1) is 0 Å². The quantitative estimate of drug-likeness (QED) is 0.130. The first-order valence-corrected chi connectivity index (χ1v) is 11.8. The zero-order chi connectivity index (χ0) is 22.6. The molecule has 0 bridgehead atoms. The number of allylic oxidation sites excluding steroid dienone is 1. The lowest BCUT2D eigenvalue weighted by Crippen LogP contribution is -2.07. The molecular weight excluding hydrogens is 414 g/mol. The van der Waals surface area contributed by atoms with Crippen molar-refractivity contribution < 1.29 is 9.63 Å². The Kier molecular flexibility index (Phi) is 9.33. The van der Waals surface area contributed by atoms with Gasteiger partial charge in [-0.3, -0.25) is 0 Å². The lowest BCUT2D eigenvalue weighted by atomic mass is 9.98. The van der Waals surface area contributed by atoms with Crippen LogP contribution in [-0.2, 0) is 4.84 Å². The largest absolute Gasteiger partial charge is 0.365 e. The Morgan fingerprint density at radius 2 is 1.44 bits per heavy atom. The van der Waals surface area contributed by atoms with E-state index in [4.69, 9.17) is 4.84 Å². The number of hydrogen-bond acceptors (Lipinski definition) is 4. The number of unbranched alkanes of at least 4 members (excludes halogenated alkanes) is 3. The maximum absolute atomic E-state index is 12.3. The van der Waals surface area contributed by atoms with Crippen molar-refractivity contribution in [2.24, 2.45) is 5.16 Å². The van der Waals surface area contributed by atoms with Crippen LogP contribution in [0.15, 0.2) is 106 Å². The summed E-state index contributed by atoms with van der Waals surface area (Å²) in [6.45, 7) is 6.44. The van der Waals surface area contributed by atoms with Crippen molar-refractivity contribution in [1.82, 2.24) is 0 Å². The van der Waals surface area contributed by atoms with Crippen molar-refractivity contribution in [3.05, 3.63) is 103 Å². The van der Waals surface area contributed by atoms with Gasteiger partial charge in [0, 0.05) is 9.79 Å². The monoisotopic (exact) mass is 443 g/mol. The molecular formula is C28H29NO2S. The van der Waals surface area contributed by atoms with Gasteiger partial charge in [-0.2, -0.15) is 0 Å². The molecule has 3 aromatic rings. The molecule has 0 aliphatic carbocycles. The van der Waals surface area contributed by atoms with Crippen molar-refractivity contribution in [2.45, 2.75) is 48.8 Å². The molecule has 0 amide bonds. The number of benzene rings is 3. The van der Waals surface area contributed by atoms with Crippen LogP contribution in [0.25, 0.3) is 5.57 Å². The molecule has 0 N–H and O–H groups in total. The molecule has 0 aromatic heterocycles. The number of oxime groups is 1. The summed E-state index contributed by atoms with van der Waals surface area (Å²) in [6.07, 6.45) is 5.16.